The van der Waals surface area contributed by atoms with E-state index in [-0.39, 0.29) is 11.5 Å². The van der Waals surface area contributed by atoms with Crippen LogP contribution < -0.4 is 0 Å². The number of rotatable bonds is 2. The van der Waals surface area contributed by atoms with Gasteiger partial charge in [-0.1, -0.05) is 18.2 Å². The Morgan fingerprint density at radius 1 is 1.39 bits per heavy atom. The van der Waals surface area contributed by atoms with Gasteiger partial charge in [0, 0.05) is 19.2 Å². The summed E-state index contributed by atoms with van der Waals surface area (Å²) in [4.78, 5) is 23.6. The molecule has 0 unspecified atom stereocenters. The molecule has 1 amide bonds. The van der Waals surface area contributed by atoms with Gasteiger partial charge in [0.1, 0.15) is 0 Å². The average Bonchev–Trinajstić information content (AvgIpc) is 2.39. The molecule has 0 saturated carbocycles. The van der Waals surface area contributed by atoms with Crippen molar-refractivity contribution in [3.05, 3.63) is 46.0 Å². The summed E-state index contributed by atoms with van der Waals surface area (Å²) < 4.78 is 0. The number of carbonyl (C=O) groups excluding carboxylic acids is 1. The third kappa shape index (κ3) is 2.17. The van der Waals surface area contributed by atoms with E-state index in [1.165, 1.54) is 18.2 Å². The molecule has 1 heterocycles. The number of nitro benzene ring substituents is 1. The predicted octanol–water partition coefficient (Wildman–Crippen LogP) is 1.70. The lowest BCUT2D eigenvalue weighted by atomic mass is 10.1. The van der Waals surface area contributed by atoms with Gasteiger partial charge in [-0.25, -0.2) is 0 Å². The number of aromatic hydroxyl groups is 1. The van der Waals surface area contributed by atoms with E-state index in [4.69, 9.17) is 0 Å². The zero-order valence-corrected chi connectivity index (χ0v) is 9.57. The number of phenolic OH excluding ortho intramolecular Hbond substituents is 1. The van der Waals surface area contributed by atoms with Crippen molar-refractivity contribution in [1.82, 2.24) is 4.90 Å². The van der Waals surface area contributed by atoms with E-state index < -0.39 is 16.4 Å². The molecule has 1 aromatic carbocycles. The van der Waals surface area contributed by atoms with Crippen LogP contribution in [0.25, 0.3) is 0 Å². The molecule has 18 heavy (non-hydrogen) atoms. The molecule has 1 aliphatic rings. The highest BCUT2D eigenvalue weighted by molar-refractivity contribution is 5.98. The van der Waals surface area contributed by atoms with Crippen LogP contribution in [0.5, 0.6) is 5.75 Å². The minimum absolute atomic E-state index is 0.0282. The second-order valence-electron chi connectivity index (χ2n) is 3.94. The van der Waals surface area contributed by atoms with Crippen LogP contribution in [0, 0.1) is 10.1 Å². The van der Waals surface area contributed by atoms with Gasteiger partial charge in [-0.15, -0.1) is 0 Å². The molecule has 0 fully saturated rings. The summed E-state index contributed by atoms with van der Waals surface area (Å²) in [6.45, 7) is 1.01. The first-order valence-electron chi connectivity index (χ1n) is 5.52. The minimum atomic E-state index is -0.706. The number of nitro groups is 1. The van der Waals surface area contributed by atoms with Crippen molar-refractivity contribution in [2.75, 3.05) is 13.1 Å². The maximum atomic E-state index is 12.1. The monoisotopic (exact) mass is 248 g/mol. The van der Waals surface area contributed by atoms with Gasteiger partial charge in [-0.2, -0.15) is 0 Å². The van der Waals surface area contributed by atoms with E-state index in [0.29, 0.717) is 13.1 Å². The highest BCUT2D eigenvalue weighted by Crippen LogP contribution is 2.30. The van der Waals surface area contributed by atoms with E-state index in [0.717, 1.165) is 6.42 Å². The van der Waals surface area contributed by atoms with Crippen molar-refractivity contribution in [2.24, 2.45) is 0 Å². The van der Waals surface area contributed by atoms with Gasteiger partial charge in [0.15, 0.2) is 0 Å². The highest BCUT2D eigenvalue weighted by atomic mass is 16.6. The summed E-state index contributed by atoms with van der Waals surface area (Å²) >= 11 is 0. The molecule has 0 aromatic heterocycles. The SMILES string of the molecule is O=C(c1cccc([N+](=O)[O-])c1O)N1CC=CCC1. The summed E-state index contributed by atoms with van der Waals surface area (Å²) in [5.74, 6) is -0.956. The summed E-state index contributed by atoms with van der Waals surface area (Å²) in [5.41, 5.74) is -0.479. The van der Waals surface area contributed by atoms with Crippen LogP contribution in [-0.4, -0.2) is 33.9 Å². The highest BCUT2D eigenvalue weighted by Gasteiger charge is 2.24. The van der Waals surface area contributed by atoms with Crippen LogP contribution >= 0.6 is 0 Å². The third-order valence-electron chi connectivity index (χ3n) is 2.79. The van der Waals surface area contributed by atoms with Crippen LogP contribution in [0.2, 0.25) is 0 Å². The van der Waals surface area contributed by atoms with E-state index in [1.54, 1.807) is 4.90 Å². The molecule has 0 radical (unpaired) electrons. The molecule has 0 atom stereocenters. The van der Waals surface area contributed by atoms with Gasteiger partial charge >= 0.3 is 5.69 Å². The third-order valence-corrected chi connectivity index (χ3v) is 2.79. The molecule has 1 N–H and O–H groups in total. The van der Waals surface area contributed by atoms with Crippen LogP contribution in [0.4, 0.5) is 5.69 Å². The molecule has 0 bridgehead atoms. The maximum absolute atomic E-state index is 12.1. The van der Waals surface area contributed by atoms with E-state index in [9.17, 15) is 20.0 Å². The zero-order valence-electron chi connectivity index (χ0n) is 9.57. The topological polar surface area (TPSA) is 83.7 Å². The number of hydrogen-bond acceptors (Lipinski definition) is 4. The first-order valence-corrected chi connectivity index (χ1v) is 5.52. The molecule has 0 saturated heterocycles. The van der Waals surface area contributed by atoms with E-state index in [2.05, 4.69) is 0 Å². The molecule has 1 aliphatic heterocycles. The van der Waals surface area contributed by atoms with Gasteiger partial charge in [-0.3, -0.25) is 14.9 Å². The molecule has 6 nitrogen and oxygen atoms in total. The van der Waals surface area contributed by atoms with Gasteiger partial charge in [0.25, 0.3) is 5.91 Å². The molecular weight excluding hydrogens is 236 g/mol. The number of carbonyl (C=O) groups is 1. The lowest BCUT2D eigenvalue weighted by Gasteiger charge is -2.23. The molecule has 1 aromatic rings. The minimum Gasteiger partial charge on any atom is -0.502 e. The van der Waals surface area contributed by atoms with Gasteiger partial charge < -0.3 is 10.0 Å². The number of para-hydroxylation sites is 1. The first kappa shape index (κ1) is 12.1. The van der Waals surface area contributed by atoms with Gasteiger partial charge in [-0.05, 0) is 12.5 Å². The predicted molar refractivity (Wildman–Crippen MR) is 64.4 cm³/mol. The molecule has 6 heteroatoms. The Morgan fingerprint density at radius 2 is 2.17 bits per heavy atom. The normalized spacial score (nSPS) is 14.6. The lowest BCUT2D eigenvalue weighted by Crippen LogP contribution is -2.33. The standard InChI is InChI=1S/C12H12N2O4/c15-11-9(5-4-6-10(11)14(17)18)12(16)13-7-2-1-3-8-13/h1-2,4-6,15H,3,7-8H2. The summed E-state index contributed by atoms with van der Waals surface area (Å²) in [6.07, 6.45) is 4.58. The summed E-state index contributed by atoms with van der Waals surface area (Å²) in [7, 11) is 0. The van der Waals surface area contributed by atoms with E-state index in [1.807, 2.05) is 12.2 Å². The first-order chi connectivity index (χ1) is 8.61. The fraction of sp³-hybridized carbons (Fsp3) is 0.250. The van der Waals surface area contributed by atoms with Gasteiger partial charge in [0.2, 0.25) is 5.75 Å². The number of amides is 1. The van der Waals surface area contributed by atoms with Crippen LogP contribution in [-0.2, 0) is 0 Å². The van der Waals surface area contributed by atoms with Crippen molar-refractivity contribution in [3.8, 4) is 5.75 Å². The van der Waals surface area contributed by atoms with Crippen molar-refractivity contribution >= 4 is 11.6 Å². The maximum Gasteiger partial charge on any atom is 0.311 e. The Bertz CT molecular complexity index is 525. The molecule has 94 valence electrons. The Balaban J connectivity index is 2.33. The second kappa shape index (κ2) is 4.87. The average molecular weight is 248 g/mol. The number of hydrogen-bond donors (Lipinski definition) is 1. The molecular formula is C12H12N2O4. The zero-order chi connectivity index (χ0) is 13.1. The fourth-order valence-electron chi connectivity index (χ4n) is 1.85. The van der Waals surface area contributed by atoms with Crippen LogP contribution in [0.3, 0.4) is 0 Å². The smallest absolute Gasteiger partial charge is 0.311 e. The quantitative estimate of drug-likeness (QED) is 0.490. The Morgan fingerprint density at radius 3 is 2.78 bits per heavy atom. The second-order valence-corrected chi connectivity index (χ2v) is 3.94. The molecule has 0 spiro atoms. The number of nitrogens with zero attached hydrogens (tertiary/aromatic N) is 2. The van der Waals surface area contributed by atoms with Crippen molar-refractivity contribution in [1.29, 1.82) is 0 Å². The summed E-state index contributed by atoms with van der Waals surface area (Å²) in [5, 5.41) is 20.4. The number of benzene rings is 1. The lowest BCUT2D eigenvalue weighted by molar-refractivity contribution is -0.385. The Labute approximate surface area is 103 Å². The van der Waals surface area contributed by atoms with Crippen molar-refractivity contribution in [3.63, 3.8) is 0 Å². The van der Waals surface area contributed by atoms with E-state index >= 15 is 0 Å². The Hall–Kier alpha value is -2.37. The Kier molecular flexibility index (Phi) is 3.27. The molecule has 0 aliphatic carbocycles. The van der Waals surface area contributed by atoms with Crippen molar-refractivity contribution in [2.45, 2.75) is 6.42 Å². The van der Waals surface area contributed by atoms with Crippen LogP contribution in [0.15, 0.2) is 30.4 Å². The number of phenols is 1. The van der Waals surface area contributed by atoms with Crippen LogP contribution in [0.1, 0.15) is 16.8 Å². The van der Waals surface area contributed by atoms with Crippen molar-refractivity contribution < 1.29 is 14.8 Å². The summed E-state index contributed by atoms with van der Waals surface area (Å²) in [6, 6.07) is 3.95. The largest absolute Gasteiger partial charge is 0.502 e. The molecule has 2 rings (SSSR count). The van der Waals surface area contributed by atoms with Gasteiger partial charge in [0.05, 0.1) is 10.5 Å². The fourth-order valence-corrected chi connectivity index (χ4v) is 1.85.